The maximum absolute atomic E-state index is 14.0. The molecule has 0 N–H and O–H groups in total. The molecule has 0 saturated heterocycles. The van der Waals surface area contributed by atoms with E-state index in [1.807, 2.05) is 42.5 Å². The predicted octanol–water partition coefficient (Wildman–Crippen LogP) is 6.48. The molecule has 0 heterocycles. The molecule has 0 aliphatic rings. The van der Waals surface area contributed by atoms with Crippen molar-refractivity contribution in [2.24, 2.45) is 0 Å². The topological polar surface area (TPSA) is 43.4 Å². The molecule has 40 heavy (non-hydrogen) atoms. The summed E-state index contributed by atoms with van der Waals surface area (Å²) in [6.45, 7) is -3.36. The van der Waals surface area contributed by atoms with Gasteiger partial charge in [0.1, 0.15) is 0 Å². The zero-order valence-electron chi connectivity index (χ0n) is 21.3. The molecule has 8 heteroatoms. The Morgan fingerprint density at radius 2 is 1.10 bits per heavy atom. The average Bonchev–Trinajstić information content (AvgIpc) is 2.96. The van der Waals surface area contributed by atoms with Crippen LogP contribution in [0.25, 0.3) is 10.8 Å². The summed E-state index contributed by atoms with van der Waals surface area (Å²) < 4.78 is 73.3. The van der Waals surface area contributed by atoms with Gasteiger partial charge in [-0.2, -0.15) is 0 Å². The van der Waals surface area contributed by atoms with Gasteiger partial charge in [-0.3, -0.25) is 0 Å². The first kappa shape index (κ1) is 27.6. The number of alkyl halides is 3. The van der Waals surface area contributed by atoms with Gasteiger partial charge in [-0.1, -0.05) is 0 Å². The molecule has 0 saturated carbocycles. The van der Waals surface area contributed by atoms with Crippen molar-refractivity contribution in [2.75, 3.05) is 6.66 Å². The molecule has 0 unspecified atom stereocenters. The summed E-state index contributed by atoms with van der Waals surface area (Å²) in [5.74, 6) is 6.32. The van der Waals surface area contributed by atoms with E-state index in [1.54, 1.807) is 84.9 Å². The van der Waals surface area contributed by atoms with E-state index in [0.29, 0.717) is 16.2 Å². The Bertz CT molecular complexity index is 1820. The third kappa shape index (κ3) is 4.69. The molecule has 0 atom stereocenters. The maximum atomic E-state index is 14.0. The van der Waals surface area contributed by atoms with Crippen LogP contribution in [-0.2, 0) is 14.1 Å². The molecule has 3 nitrogen and oxygen atoms in total. The number of rotatable bonds is 5. The summed E-state index contributed by atoms with van der Waals surface area (Å²) in [6, 6.07) is 36.5. The minimum absolute atomic E-state index is 0.270. The van der Waals surface area contributed by atoms with Gasteiger partial charge in [-0.25, -0.2) is 0 Å². The van der Waals surface area contributed by atoms with E-state index in [2.05, 4.69) is 11.8 Å². The first-order valence-electron chi connectivity index (χ1n) is 12.3. The number of fused-ring (bicyclic) bond motifs is 1. The van der Waals surface area contributed by atoms with Crippen LogP contribution in [0.1, 0.15) is 11.1 Å². The van der Waals surface area contributed by atoms with Crippen LogP contribution in [0.4, 0.5) is 13.2 Å². The predicted molar refractivity (Wildman–Crippen MR) is 157 cm³/mol. The number of halogens is 3. The van der Waals surface area contributed by atoms with E-state index in [1.165, 1.54) is 6.66 Å². The van der Waals surface area contributed by atoms with Crippen molar-refractivity contribution in [3.63, 3.8) is 0 Å². The molecule has 202 valence electrons. The van der Waals surface area contributed by atoms with Crippen LogP contribution in [0.15, 0.2) is 127 Å². The van der Waals surface area contributed by atoms with Gasteiger partial charge in [-0.15, -0.1) is 0 Å². The van der Waals surface area contributed by atoms with Gasteiger partial charge >= 0.3 is 232 Å². The Morgan fingerprint density at radius 1 is 0.625 bits per heavy atom. The Labute approximate surface area is 231 Å². The van der Waals surface area contributed by atoms with E-state index >= 15 is 0 Å². The first-order chi connectivity index (χ1) is 19.0. The van der Waals surface area contributed by atoms with Crippen LogP contribution in [0, 0.1) is 11.8 Å². The Morgan fingerprint density at radius 3 is 1.73 bits per heavy atom. The zero-order chi connectivity index (χ0) is 28.5. The zero-order valence-corrected chi connectivity index (χ0v) is 23.0. The van der Waals surface area contributed by atoms with Crippen molar-refractivity contribution in [1.29, 1.82) is 0 Å². The van der Waals surface area contributed by atoms with Gasteiger partial charge < -0.3 is 0 Å². The minimum atomic E-state index is -6.06. The molecule has 0 bridgehead atoms. The van der Waals surface area contributed by atoms with Crippen molar-refractivity contribution in [1.82, 2.24) is 0 Å². The molecule has 5 aromatic carbocycles. The van der Waals surface area contributed by atoms with Gasteiger partial charge in [-0.05, 0) is 0 Å². The SMILES string of the molecule is CP(OS(=O)(=O)C(F)(F)F)(c1ccccc1)(c1ccccc1)c1ccccc1C#Cc1cccc2ccccc12. The molecule has 0 fully saturated rings. The van der Waals surface area contributed by atoms with Gasteiger partial charge in [0.25, 0.3) is 0 Å². The summed E-state index contributed by atoms with van der Waals surface area (Å²) in [5, 5.41) is 2.81. The van der Waals surface area contributed by atoms with E-state index in [4.69, 9.17) is 3.97 Å². The fourth-order valence-electron chi connectivity index (χ4n) is 4.93. The Kier molecular flexibility index (Phi) is 7.06. The van der Waals surface area contributed by atoms with Crippen LogP contribution in [0.3, 0.4) is 0 Å². The normalized spacial score (nSPS) is 13.2. The molecule has 0 amide bonds. The van der Waals surface area contributed by atoms with Crippen LogP contribution >= 0.6 is 6.83 Å². The number of benzene rings is 5. The van der Waals surface area contributed by atoms with Crippen LogP contribution < -0.4 is 15.9 Å². The third-order valence-corrected chi connectivity index (χ3v) is 14.4. The fourth-order valence-corrected chi connectivity index (χ4v) is 12.0. The van der Waals surface area contributed by atoms with Crippen molar-refractivity contribution >= 4 is 43.6 Å². The molecule has 5 rings (SSSR count). The van der Waals surface area contributed by atoms with Crippen LogP contribution in [0.2, 0.25) is 0 Å². The van der Waals surface area contributed by atoms with Crippen molar-refractivity contribution in [3.05, 3.63) is 139 Å². The molecular weight excluding hydrogens is 552 g/mol. The second-order valence-electron chi connectivity index (χ2n) is 9.40. The van der Waals surface area contributed by atoms with Crippen LogP contribution in [0.5, 0.6) is 0 Å². The summed E-state index contributed by atoms with van der Waals surface area (Å²) >= 11 is 0. The third-order valence-electron chi connectivity index (χ3n) is 6.93. The summed E-state index contributed by atoms with van der Waals surface area (Å²) in [5.41, 5.74) is -4.55. The summed E-state index contributed by atoms with van der Waals surface area (Å²) in [7, 11) is -6.06. The molecule has 0 aliphatic heterocycles. The molecule has 0 spiro atoms. The van der Waals surface area contributed by atoms with E-state index in [-0.39, 0.29) is 5.30 Å². The van der Waals surface area contributed by atoms with Crippen molar-refractivity contribution in [2.45, 2.75) is 5.51 Å². The van der Waals surface area contributed by atoms with E-state index < -0.39 is 22.5 Å². The van der Waals surface area contributed by atoms with Gasteiger partial charge in [0.2, 0.25) is 0 Å². The second-order valence-corrected chi connectivity index (χ2v) is 15.8. The summed E-state index contributed by atoms with van der Waals surface area (Å²) in [6.07, 6.45) is 0. The summed E-state index contributed by atoms with van der Waals surface area (Å²) in [4.78, 5) is 0. The van der Waals surface area contributed by atoms with Crippen molar-refractivity contribution < 1.29 is 25.6 Å². The van der Waals surface area contributed by atoms with Gasteiger partial charge in [0.05, 0.1) is 0 Å². The monoisotopic (exact) mass is 576 g/mol. The van der Waals surface area contributed by atoms with E-state index in [9.17, 15) is 21.6 Å². The standard InChI is InChI=1S/C32H24F3O3PS/c1-39(28-17-4-2-5-18-28,29-19-6-3-7-20-29,38-40(36,37)32(33,34)35)31-22-11-9-14-27(31)24-23-26-16-12-15-25-13-8-10-21-30(25)26/h2-22H,1H3. The molecule has 0 aliphatic carbocycles. The molecule has 0 aromatic heterocycles. The second kappa shape index (κ2) is 10.2. The van der Waals surface area contributed by atoms with Crippen LogP contribution in [-0.4, -0.2) is 20.6 Å². The van der Waals surface area contributed by atoms with Crippen molar-refractivity contribution in [3.8, 4) is 11.8 Å². The Balaban J connectivity index is 1.87. The molecule has 0 radical (unpaired) electrons. The van der Waals surface area contributed by atoms with Gasteiger partial charge in [0.15, 0.2) is 0 Å². The average molecular weight is 577 g/mol. The quantitative estimate of drug-likeness (QED) is 0.137. The molecular formula is C32H24F3O3PS. The first-order valence-corrected chi connectivity index (χ1v) is 16.3. The Hall–Kier alpha value is -3.95. The number of hydrogen-bond acceptors (Lipinski definition) is 3. The van der Waals surface area contributed by atoms with Gasteiger partial charge in [0, 0.05) is 0 Å². The fraction of sp³-hybridized carbons (Fsp3) is 0.0625. The number of hydrogen-bond donors (Lipinski definition) is 0. The van der Waals surface area contributed by atoms with E-state index in [0.717, 1.165) is 16.3 Å². The molecule has 5 aromatic rings.